The van der Waals surface area contributed by atoms with Crippen LogP contribution < -0.4 is 0 Å². The van der Waals surface area contributed by atoms with Gasteiger partial charge >= 0.3 is 0 Å². The van der Waals surface area contributed by atoms with E-state index in [1.54, 1.807) is 0 Å². The standard InChI is InChI=1S/C20H28N4O2/c1-23-13-16(12-22-23)11-18-19(26-14-15-4-5-15)8-10-24(18)20(25)7-6-17-3-2-9-21-17/h2-3,9,12-13,15,18-19,21H,4-8,10-11,14H2,1H3/t18-,19-/m0/s1. The number of likely N-dealkylation sites (tertiary alicyclic amines) is 1. The van der Waals surface area contributed by atoms with Gasteiger partial charge in [-0.05, 0) is 55.7 Å². The van der Waals surface area contributed by atoms with E-state index in [0.717, 1.165) is 44.0 Å². The normalized spacial score (nSPS) is 22.9. The zero-order valence-electron chi connectivity index (χ0n) is 15.4. The summed E-state index contributed by atoms with van der Waals surface area (Å²) in [7, 11) is 1.93. The quantitative estimate of drug-likeness (QED) is 0.789. The molecule has 6 nitrogen and oxygen atoms in total. The molecule has 2 fully saturated rings. The average molecular weight is 356 g/mol. The molecule has 0 bridgehead atoms. The van der Waals surface area contributed by atoms with Crippen LogP contribution >= 0.6 is 0 Å². The van der Waals surface area contributed by atoms with Gasteiger partial charge in [-0.3, -0.25) is 9.48 Å². The number of amides is 1. The second-order valence-electron chi connectivity index (χ2n) is 7.68. The van der Waals surface area contributed by atoms with Crippen molar-refractivity contribution < 1.29 is 9.53 Å². The number of hydrogen-bond acceptors (Lipinski definition) is 3. The van der Waals surface area contributed by atoms with Crippen LogP contribution in [0.5, 0.6) is 0 Å². The molecular weight excluding hydrogens is 328 g/mol. The number of ether oxygens (including phenoxy) is 1. The minimum atomic E-state index is 0.120. The molecule has 0 unspecified atom stereocenters. The highest BCUT2D eigenvalue weighted by atomic mass is 16.5. The number of aromatic amines is 1. The van der Waals surface area contributed by atoms with E-state index in [0.29, 0.717) is 6.42 Å². The largest absolute Gasteiger partial charge is 0.376 e. The van der Waals surface area contributed by atoms with Crippen LogP contribution in [0, 0.1) is 5.92 Å². The van der Waals surface area contributed by atoms with E-state index < -0.39 is 0 Å². The Kier molecular flexibility index (Phi) is 5.11. The molecule has 3 heterocycles. The highest BCUT2D eigenvalue weighted by Gasteiger charge is 2.38. The summed E-state index contributed by atoms with van der Waals surface area (Å²) in [4.78, 5) is 18.1. The fourth-order valence-corrected chi connectivity index (χ4v) is 3.84. The van der Waals surface area contributed by atoms with Crippen LogP contribution in [-0.2, 0) is 29.4 Å². The molecule has 6 heteroatoms. The summed E-state index contributed by atoms with van der Waals surface area (Å²) < 4.78 is 8.04. The number of rotatable bonds is 8. The molecule has 26 heavy (non-hydrogen) atoms. The Morgan fingerprint density at radius 1 is 1.38 bits per heavy atom. The summed E-state index contributed by atoms with van der Waals surface area (Å²) in [6, 6.07) is 4.13. The third kappa shape index (κ3) is 4.18. The van der Waals surface area contributed by atoms with Gasteiger partial charge in [-0.2, -0.15) is 5.10 Å². The monoisotopic (exact) mass is 356 g/mol. The van der Waals surface area contributed by atoms with Gasteiger partial charge in [0.15, 0.2) is 0 Å². The molecule has 2 aromatic rings. The van der Waals surface area contributed by atoms with Crippen molar-refractivity contribution in [3.63, 3.8) is 0 Å². The van der Waals surface area contributed by atoms with Gasteiger partial charge in [0.05, 0.1) is 18.3 Å². The van der Waals surface area contributed by atoms with Crippen LogP contribution in [0.2, 0.25) is 0 Å². The molecule has 1 N–H and O–H groups in total. The Hall–Kier alpha value is -2.08. The number of nitrogens with one attached hydrogen (secondary N) is 1. The molecular formula is C20H28N4O2. The van der Waals surface area contributed by atoms with E-state index >= 15 is 0 Å². The summed E-state index contributed by atoms with van der Waals surface area (Å²) in [6.45, 7) is 1.64. The number of aryl methyl sites for hydroxylation is 2. The number of hydrogen-bond donors (Lipinski definition) is 1. The molecule has 1 saturated heterocycles. The van der Waals surface area contributed by atoms with Gasteiger partial charge in [-0.25, -0.2) is 0 Å². The van der Waals surface area contributed by atoms with Crippen molar-refractivity contribution in [2.45, 2.75) is 50.7 Å². The highest BCUT2D eigenvalue weighted by molar-refractivity contribution is 5.77. The Morgan fingerprint density at radius 2 is 2.27 bits per heavy atom. The SMILES string of the molecule is Cn1cc(C[C@H]2[C@@H](OCC3CC3)CCN2C(=O)CCc2ccc[nH]2)cn1. The van der Waals surface area contributed by atoms with Crippen LogP contribution in [0.15, 0.2) is 30.7 Å². The van der Waals surface area contributed by atoms with Crippen LogP contribution in [0.3, 0.4) is 0 Å². The molecule has 140 valence electrons. The highest BCUT2D eigenvalue weighted by Crippen LogP contribution is 2.32. The van der Waals surface area contributed by atoms with Gasteiger partial charge < -0.3 is 14.6 Å². The zero-order valence-corrected chi connectivity index (χ0v) is 15.4. The fraction of sp³-hybridized carbons (Fsp3) is 0.600. The lowest BCUT2D eigenvalue weighted by atomic mass is 10.0. The first-order valence-corrected chi connectivity index (χ1v) is 9.70. The van der Waals surface area contributed by atoms with Crippen LogP contribution in [0.1, 0.15) is 36.9 Å². The molecule has 0 aromatic carbocycles. The third-order valence-electron chi connectivity index (χ3n) is 5.52. The predicted molar refractivity (Wildman–Crippen MR) is 98.6 cm³/mol. The molecule has 4 rings (SSSR count). The van der Waals surface area contributed by atoms with Gasteiger partial charge in [-0.15, -0.1) is 0 Å². The van der Waals surface area contributed by atoms with Crippen LogP contribution in [0.4, 0.5) is 0 Å². The van der Waals surface area contributed by atoms with Gasteiger partial charge in [0.1, 0.15) is 0 Å². The predicted octanol–water partition coefficient (Wildman–Crippen LogP) is 2.32. The van der Waals surface area contributed by atoms with E-state index in [1.807, 2.05) is 47.4 Å². The maximum Gasteiger partial charge on any atom is 0.223 e. The van der Waals surface area contributed by atoms with Crippen molar-refractivity contribution in [1.82, 2.24) is 19.7 Å². The summed E-state index contributed by atoms with van der Waals surface area (Å²) in [5.74, 6) is 0.970. The smallest absolute Gasteiger partial charge is 0.223 e. The lowest BCUT2D eigenvalue weighted by Crippen LogP contribution is -2.42. The first-order valence-electron chi connectivity index (χ1n) is 9.70. The molecule has 0 radical (unpaired) electrons. The molecule has 0 spiro atoms. The van der Waals surface area contributed by atoms with Crippen LogP contribution in [-0.4, -0.2) is 50.9 Å². The van der Waals surface area contributed by atoms with Crippen molar-refractivity contribution in [2.75, 3.05) is 13.2 Å². The summed E-state index contributed by atoms with van der Waals surface area (Å²) in [5, 5.41) is 4.28. The number of nitrogens with zero attached hydrogens (tertiary/aromatic N) is 3. The maximum atomic E-state index is 12.9. The molecule has 2 aromatic heterocycles. The lowest BCUT2D eigenvalue weighted by molar-refractivity contribution is -0.133. The van der Waals surface area contributed by atoms with Crippen molar-refractivity contribution in [3.05, 3.63) is 42.0 Å². The van der Waals surface area contributed by atoms with Gasteiger partial charge in [0, 0.05) is 44.7 Å². The van der Waals surface area contributed by atoms with E-state index in [4.69, 9.17) is 4.74 Å². The van der Waals surface area contributed by atoms with Gasteiger partial charge in [0.25, 0.3) is 0 Å². The van der Waals surface area contributed by atoms with E-state index in [9.17, 15) is 4.79 Å². The molecule has 1 aliphatic heterocycles. The zero-order chi connectivity index (χ0) is 17.9. The molecule has 2 aliphatic rings. The Morgan fingerprint density at radius 3 is 2.96 bits per heavy atom. The number of H-pyrrole nitrogens is 1. The molecule has 1 aliphatic carbocycles. The Labute approximate surface area is 154 Å². The summed E-state index contributed by atoms with van der Waals surface area (Å²) in [6.07, 6.45) is 11.6. The van der Waals surface area contributed by atoms with Crippen LogP contribution in [0.25, 0.3) is 0 Å². The summed E-state index contributed by atoms with van der Waals surface area (Å²) in [5.41, 5.74) is 2.28. The number of carbonyl (C=O) groups excluding carboxylic acids is 1. The lowest BCUT2D eigenvalue weighted by Gasteiger charge is -2.28. The fourth-order valence-electron chi connectivity index (χ4n) is 3.84. The van der Waals surface area contributed by atoms with E-state index in [-0.39, 0.29) is 18.1 Å². The first-order chi connectivity index (χ1) is 12.7. The molecule has 1 amide bonds. The van der Waals surface area contributed by atoms with Gasteiger partial charge in [0.2, 0.25) is 5.91 Å². The second kappa shape index (κ2) is 7.66. The first kappa shape index (κ1) is 17.3. The average Bonchev–Trinajstić information content (AvgIpc) is 3.00. The summed E-state index contributed by atoms with van der Waals surface area (Å²) >= 11 is 0. The van der Waals surface area contributed by atoms with E-state index in [2.05, 4.69) is 10.1 Å². The third-order valence-corrected chi connectivity index (χ3v) is 5.52. The van der Waals surface area contributed by atoms with Gasteiger partial charge in [-0.1, -0.05) is 0 Å². The van der Waals surface area contributed by atoms with Crippen molar-refractivity contribution in [1.29, 1.82) is 0 Å². The minimum absolute atomic E-state index is 0.120. The molecule has 1 saturated carbocycles. The molecule has 2 atom stereocenters. The maximum absolute atomic E-state index is 12.9. The second-order valence-corrected chi connectivity index (χ2v) is 7.68. The van der Waals surface area contributed by atoms with Crippen molar-refractivity contribution >= 4 is 5.91 Å². The number of carbonyl (C=O) groups is 1. The van der Waals surface area contributed by atoms with Crippen molar-refractivity contribution in [3.8, 4) is 0 Å². The topological polar surface area (TPSA) is 63.1 Å². The minimum Gasteiger partial charge on any atom is -0.376 e. The Balaban J connectivity index is 1.41. The Bertz CT molecular complexity index is 720. The number of aromatic nitrogens is 3. The van der Waals surface area contributed by atoms with Crippen molar-refractivity contribution in [2.24, 2.45) is 13.0 Å². The van der Waals surface area contributed by atoms with E-state index in [1.165, 1.54) is 18.4 Å².